The number of hydrogen-bond acceptors (Lipinski definition) is 4. The Hall–Kier alpha value is -2.08. The Balaban J connectivity index is 1.93. The van der Waals surface area contributed by atoms with Crippen molar-refractivity contribution >= 4 is 28.6 Å². The lowest BCUT2D eigenvalue weighted by atomic mass is 10.2. The van der Waals surface area contributed by atoms with Gasteiger partial charge in [0.25, 0.3) is 0 Å². The van der Waals surface area contributed by atoms with Crippen LogP contribution in [0.5, 0.6) is 0 Å². The van der Waals surface area contributed by atoms with E-state index >= 15 is 0 Å². The standard InChI is InChI=1S/C17H19N3O2S/c1-11-4-6-14(7-5-11)20-16(8-12(2)18-20)19-10-15(9-17(19)22)23-13(3)21/h4-8,15H,9-10H2,1-3H3. The Labute approximate surface area is 139 Å². The maximum Gasteiger partial charge on any atom is 0.229 e. The zero-order valence-electron chi connectivity index (χ0n) is 13.4. The quantitative estimate of drug-likeness (QED) is 0.869. The first-order valence-electron chi connectivity index (χ1n) is 7.55. The number of benzene rings is 1. The number of aromatic nitrogens is 2. The molecule has 0 aliphatic carbocycles. The van der Waals surface area contributed by atoms with Gasteiger partial charge in [-0.1, -0.05) is 29.5 Å². The van der Waals surface area contributed by atoms with Crippen molar-refractivity contribution in [2.75, 3.05) is 11.4 Å². The first kappa shape index (κ1) is 15.8. The first-order chi connectivity index (χ1) is 10.9. The number of rotatable bonds is 3. The van der Waals surface area contributed by atoms with Crippen LogP contribution < -0.4 is 4.90 Å². The van der Waals surface area contributed by atoms with E-state index in [4.69, 9.17) is 0 Å². The molecule has 1 aromatic carbocycles. The predicted octanol–water partition coefficient (Wildman–Crippen LogP) is 2.87. The third-order valence-electron chi connectivity index (χ3n) is 3.79. The van der Waals surface area contributed by atoms with Gasteiger partial charge >= 0.3 is 0 Å². The van der Waals surface area contributed by atoms with Gasteiger partial charge in [0, 0.05) is 31.2 Å². The highest BCUT2D eigenvalue weighted by molar-refractivity contribution is 8.14. The summed E-state index contributed by atoms with van der Waals surface area (Å²) < 4.78 is 1.80. The van der Waals surface area contributed by atoms with Crippen LogP contribution >= 0.6 is 11.8 Å². The molecule has 1 aliphatic rings. The minimum atomic E-state index is 0.0154. The number of aryl methyl sites for hydroxylation is 2. The van der Waals surface area contributed by atoms with Gasteiger partial charge in [0.1, 0.15) is 5.82 Å². The van der Waals surface area contributed by atoms with Gasteiger partial charge < -0.3 is 0 Å². The molecule has 1 saturated heterocycles. The van der Waals surface area contributed by atoms with Crippen molar-refractivity contribution in [3.05, 3.63) is 41.6 Å². The van der Waals surface area contributed by atoms with E-state index in [1.54, 1.807) is 16.5 Å². The molecule has 2 aromatic rings. The van der Waals surface area contributed by atoms with Crippen LogP contribution in [0.15, 0.2) is 30.3 Å². The minimum absolute atomic E-state index is 0.0154. The van der Waals surface area contributed by atoms with Gasteiger partial charge in [-0.3, -0.25) is 14.5 Å². The highest BCUT2D eigenvalue weighted by Gasteiger charge is 2.34. The Morgan fingerprint density at radius 2 is 1.96 bits per heavy atom. The van der Waals surface area contributed by atoms with Crippen LogP contribution in [0, 0.1) is 13.8 Å². The summed E-state index contributed by atoms with van der Waals surface area (Å²) in [6, 6.07) is 9.95. The normalized spacial score (nSPS) is 17.8. The molecular formula is C17H19N3O2S. The molecule has 2 heterocycles. The number of thioether (sulfide) groups is 1. The number of amides is 1. The Kier molecular flexibility index (Phi) is 4.26. The van der Waals surface area contributed by atoms with Crippen LogP contribution in [0.3, 0.4) is 0 Å². The lowest BCUT2D eigenvalue weighted by Crippen LogP contribution is -2.27. The van der Waals surface area contributed by atoms with Crippen molar-refractivity contribution < 1.29 is 9.59 Å². The molecule has 0 saturated carbocycles. The lowest BCUT2D eigenvalue weighted by Gasteiger charge is -2.18. The Morgan fingerprint density at radius 1 is 1.26 bits per heavy atom. The highest BCUT2D eigenvalue weighted by Crippen LogP contribution is 2.30. The molecule has 0 spiro atoms. The summed E-state index contributed by atoms with van der Waals surface area (Å²) in [7, 11) is 0. The molecular weight excluding hydrogens is 310 g/mol. The minimum Gasteiger partial charge on any atom is -0.296 e. The summed E-state index contributed by atoms with van der Waals surface area (Å²) in [5.74, 6) is 0.806. The van der Waals surface area contributed by atoms with E-state index in [9.17, 15) is 9.59 Å². The van der Waals surface area contributed by atoms with Crippen LogP contribution in [0.1, 0.15) is 24.6 Å². The molecule has 3 rings (SSSR count). The van der Waals surface area contributed by atoms with E-state index < -0.39 is 0 Å². The van der Waals surface area contributed by atoms with Gasteiger partial charge in [-0.2, -0.15) is 5.10 Å². The molecule has 1 atom stereocenters. The zero-order chi connectivity index (χ0) is 16.6. The number of carbonyl (C=O) groups excluding carboxylic acids is 2. The third kappa shape index (κ3) is 3.32. The fraction of sp³-hybridized carbons (Fsp3) is 0.353. The van der Waals surface area contributed by atoms with E-state index in [0.29, 0.717) is 13.0 Å². The SMILES string of the molecule is CC(=O)SC1CC(=O)N(c2cc(C)nn2-c2ccc(C)cc2)C1. The van der Waals surface area contributed by atoms with E-state index in [0.717, 1.165) is 17.2 Å². The molecule has 120 valence electrons. The van der Waals surface area contributed by atoms with Crippen molar-refractivity contribution in [2.24, 2.45) is 0 Å². The lowest BCUT2D eigenvalue weighted by molar-refractivity contribution is -0.117. The molecule has 23 heavy (non-hydrogen) atoms. The van der Waals surface area contributed by atoms with E-state index in [2.05, 4.69) is 5.10 Å². The molecule has 6 heteroatoms. The van der Waals surface area contributed by atoms with Crippen LogP contribution in [0.25, 0.3) is 5.69 Å². The topological polar surface area (TPSA) is 55.2 Å². The molecule has 1 aliphatic heterocycles. The molecule has 1 fully saturated rings. The number of carbonyl (C=O) groups is 2. The maximum atomic E-state index is 12.4. The number of hydrogen-bond donors (Lipinski definition) is 0. The van der Waals surface area contributed by atoms with Gasteiger partial charge in [0.2, 0.25) is 5.91 Å². The first-order valence-corrected chi connectivity index (χ1v) is 8.43. The number of anilines is 1. The third-order valence-corrected chi connectivity index (χ3v) is 4.77. The Bertz CT molecular complexity index is 752. The van der Waals surface area contributed by atoms with E-state index in [1.807, 2.05) is 44.2 Å². The van der Waals surface area contributed by atoms with Crippen molar-refractivity contribution in [3.8, 4) is 5.69 Å². The van der Waals surface area contributed by atoms with Crippen LogP contribution in [-0.4, -0.2) is 32.6 Å². The van der Waals surface area contributed by atoms with Gasteiger partial charge in [-0.05, 0) is 26.0 Å². The van der Waals surface area contributed by atoms with Crippen molar-refractivity contribution in [1.82, 2.24) is 9.78 Å². The van der Waals surface area contributed by atoms with Gasteiger partial charge in [-0.15, -0.1) is 0 Å². The number of nitrogens with zero attached hydrogens (tertiary/aromatic N) is 3. The summed E-state index contributed by atoms with van der Waals surface area (Å²) in [5, 5.41) is 4.59. The molecule has 1 aromatic heterocycles. The van der Waals surface area contributed by atoms with Crippen molar-refractivity contribution in [2.45, 2.75) is 32.4 Å². The van der Waals surface area contributed by atoms with Gasteiger partial charge in [0.15, 0.2) is 5.12 Å². The molecule has 1 unspecified atom stereocenters. The summed E-state index contributed by atoms with van der Waals surface area (Å²) in [5.41, 5.74) is 2.96. The summed E-state index contributed by atoms with van der Waals surface area (Å²) in [4.78, 5) is 25.4. The fourth-order valence-corrected chi connectivity index (χ4v) is 3.68. The maximum absolute atomic E-state index is 12.4. The second-order valence-electron chi connectivity index (χ2n) is 5.83. The second kappa shape index (κ2) is 6.20. The van der Waals surface area contributed by atoms with Crippen LogP contribution in [0.2, 0.25) is 0 Å². The monoisotopic (exact) mass is 329 g/mol. The smallest absolute Gasteiger partial charge is 0.229 e. The second-order valence-corrected chi connectivity index (χ2v) is 7.31. The average Bonchev–Trinajstić information content (AvgIpc) is 3.02. The molecule has 0 radical (unpaired) electrons. The summed E-state index contributed by atoms with van der Waals surface area (Å²) in [6.45, 7) is 6.03. The van der Waals surface area contributed by atoms with Gasteiger partial charge in [-0.25, -0.2) is 4.68 Å². The average molecular weight is 329 g/mol. The van der Waals surface area contributed by atoms with Crippen molar-refractivity contribution in [3.63, 3.8) is 0 Å². The summed E-state index contributed by atoms with van der Waals surface area (Å²) in [6.07, 6.45) is 0.391. The Morgan fingerprint density at radius 3 is 2.61 bits per heavy atom. The molecule has 0 bridgehead atoms. The molecule has 1 amide bonds. The zero-order valence-corrected chi connectivity index (χ0v) is 14.3. The van der Waals surface area contributed by atoms with E-state index in [1.165, 1.54) is 17.3 Å². The fourth-order valence-electron chi connectivity index (χ4n) is 2.76. The molecule has 0 N–H and O–H groups in total. The summed E-state index contributed by atoms with van der Waals surface area (Å²) >= 11 is 1.24. The van der Waals surface area contributed by atoms with Crippen LogP contribution in [-0.2, 0) is 9.59 Å². The van der Waals surface area contributed by atoms with Crippen molar-refractivity contribution in [1.29, 1.82) is 0 Å². The predicted molar refractivity (Wildman–Crippen MR) is 92.1 cm³/mol. The molecule has 5 nitrogen and oxygen atoms in total. The largest absolute Gasteiger partial charge is 0.296 e. The van der Waals surface area contributed by atoms with Gasteiger partial charge in [0.05, 0.1) is 11.4 Å². The van der Waals surface area contributed by atoms with E-state index in [-0.39, 0.29) is 16.3 Å². The van der Waals surface area contributed by atoms with Crippen LogP contribution in [0.4, 0.5) is 5.82 Å². The highest BCUT2D eigenvalue weighted by atomic mass is 32.2.